The number of benzene rings is 2. The predicted octanol–water partition coefficient (Wildman–Crippen LogP) is 3.67. The number of carbonyl (C=O) groups excluding carboxylic acids is 2. The normalized spacial score (nSPS) is 23.2. The standard InChI is InChI=1S/C28H33N3O3/c1-18-10-7-8-15-22(18)23(21-13-5-4-6-14-21)28(34)31-17-16-29-26(32)25(31)27(33)30-24-19(2)11-9-12-20(24)3/h4-9,11-15,18,23,25-26,29,32H,10,16-17H2,1-3H3,(H,30,33). The number of aliphatic hydroxyl groups excluding tert-OH is 1. The van der Waals surface area contributed by atoms with Crippen molar-refractivity contribution in [1.82, 2.24) is 10.2 Å². The molecule has 2 aromatic carbocycles. The molecule has 6 heteroatoms. The maximum atomic E-state index is 14.1. The molecule has 34 heavy (non-hydrogen) atoms. The minimum absolute atomic E-state index is 0.165. The fraction of sp³-hybridized carbons (Fsp3) is 0.357. The number of aryl methyl sites for hydroxylation is 2. The summed E-state index contributed by atoms with van der Waals surface area (Å²) in [7, 11) is 0. The molecule has 0 aromatic heterocycles. The van der Waals surface area contributed by atoms with Crippen LogP contribution in [0.25, 0.3) is 0 Å². The van der Waals surface area contributed by atoms with E-state index in [1.165, 1.54) is 0 Å². The highest BCUT2D eigenvalue weighted by atomic mass is 16.3. The van der Waals surface area contributed by atoms with Crippen molar-refractivity contribution >= 4 is 17.5 Å². The number of rotatable bonds is 5. The van der Waals surface area contributed by atoms with E-state index in [9.17, 15) is 14.7 Å². The number of anilines is 1. The molecule has 178 valence electrons. The molecular weight excluding hydrogens is 426 g/mol. The van der Waals surface area contributed by atoms with Gasteiger partial charge >= 0.3 is 0 Å². The Balaban J connectivity index is 1.69. The molecule has 2 aliphatic rings. The van der Waals surface area contributed by atoms with Crippen LogP contribution in [0.1, 0.15) is 36.0 Å². The first-order chi connectivity index (χ1) is 16.4. The first-order valence-corrected chi connectivity index (χ1v) is 11.9. The van der Waals surface area contributed by atoms with E-state index in [1.54, 1.807) is 4.90 Å². The average Bonchev–Trinajstić information content (AvgIpc) is 2.83. The van der Waals surface area contributed by atoms with Gasteiger partial charge in [-0.2, -0.15) is 0 Å². The van der Waals surface area contributed by atoms with Crippen LogP contribution in [0.4, 0.5) is 5.69 Å². The SMILES string of the molecule is Cc1cccc(C)c1NC(=O)C1C(O)NCCN1C(=O)C(C1=CC=CCC1C)c1ccccc1. The van der Waals surface area contributed by atoms with Gasteiger partial charge in [0.15, 0.2) is 6.04 Å². The largest absolute Gasteiger partial charge is 0.376 e. The zero-order chi connectivity index (χ0) is 24.2. The second-order valence-corrected chi connectivity index (χ2v) is 9.21. The van der Waals surface area contributed by atoms with Gasteiger partial charge in [0.2, 0.25) is 5.91 Å². The summed E-state index contributed by atoms with van der Waals surface area (Å²) >= 11 is 0. The third-order valence-corrected chi connectivity index (χ3v) is 6.82. The van der Waals surface area contributed by atoms with Crippen molar-refractivity contribution in [2.24, 2.45) is 5.92 Å². The molecule has 6 nitrogen and oxygen atoms in total. The number of aliphatic hydroxyl groups is 1. The average molecular weight is 460 g/mol. The Labute approximate surface area is 201 Å². The van der Waals surface area contributed by atoms with Gasteiger partial charge in [0.25, 0.3) is 5.91 Å². The van der Waals surface area contributed by atoms with Crippen molar-refractivity contribution in [3.8, 4) is 0 Å². The quantitative estimate of drug-likeness (QED) is 0.637. The van der Waals surface area contributed by atoms with Gasteiger partial charge in [-0.1, -0.05) is 79.3 Å². The molecule has 2 amide bonds. The molecule has 0 radical (unpaired) electrons. The lowest BCUT2D eigenvalue weighted by Crippen LogP contribution is -2.64. The predicted molar refractivity (Wildman–Crippen MR) is 134 cm³/mol. The lowest BCUT2D eigenvalue weighted by molar-refractivity contribution is -0.147. The van der Waals surface area contributed by atoms with Crippen LogP contribution in [0.3, 0.4) is 0 Å². The van der Waals surface area contributed by atoms with E-state index in [1.807, 2.05) is 74.5 Å². The van der Waals surface area contributed by atoms with Gasteiger partial charge in [-0.15, -0.1) is 0 Å². The maximum Gasteiger partial charge on any atom is 0.251 e. The Hall–Kier alpha value is -3.22. The fourth-order valence-electron chi connectivity index (χ4n) is 4.93. The molecule has 1 heterocycles. The molecule has 2 aromatic rings. The summed E-state index contributed by atoms with van der Waals surface area (Å²) in [5.74, 6) is -0.875. The summed E-state index contributed by atoms with van der Waals surface area (Å²) in [5, 5.41) is 16.7. The summed E-state index contributed by atoms with van der Waals surface area (Å²) in [6.45, 7) is 6.72. The molecule has 1 aliphatic carbocycles. The van der Waals surface area contributed by atoms with E-state index in [4.69, 9.17) is 0 Å². The van der Waals surface area contributed by atoms with E-state index >= 15 is 0 Å². The molecular formula is C28H33N3O3. The minimum atomic E-state index is -1.16. The molecule has 1 fully saturated rings. The Morgan fingerprint density at radius 1 is 1.09 bits per heavy atom. The molecule has 0 saturated carbocycles. The number of hydrogen-bond donors (Lipinski definition) is 3. The van der Waals surface area contributed by atoms with Gasteiger partial charge in [0.1, 0.15) is 6.23 Å². The summed E-state index contributed by atoms with van der Waals surface area (Å²) in [6, 6.07) is 14.5. The summed E-state index contributed by atoms with van der Waals surface area (Å²) < 4.78 is 0. The Morgan fingerprint density at radius 2 is 1.79 bits per heavy atom. The topological polar surface area (TPSA) is 81.7 Å². The molecule has 0 spiro atoms. The summed E-state index contributed by atoms with van der Waals surface area (Å²) in [4.78, 5) is 29.1. The molecule has 4 atom stereocenters. The number of allylic oxidation sites excluding steroid dienone is 3. The van der Waals surface area contributed by atoms with E-state index in [2.05, 4.69) is 23.6 Å². The highest BCUT2D eigenvalue weighted by molar-refractivity contribution is 6.00. The smallest absolute Gasteiger partial charge is 0.251 e. The number of nitrogens with one attached hydrogen (secondary N) is 2. The first-order valence-electron chi connectivity index (χ1n) is 11.9. The van der Waals surface area contributed by atoms with E-state index in [0.717, 1.165) is 28.7 Å². The highest BCUT2D eigenvalue weighted by Gasteiger charge is 2.42. The van der Waals surface area contributed by atoms with Crippen LogP contribution in [0.2, 0.25) is 0 Å². The van der Waals surface area contributed by atoms with Gasteiger partial charge in [-0.05, 0) is 42.9 Å². The summed E-state index contributed by atoms with van der Waals surface area (Å²) in [6.07, 6.45) is 5.83. The monoisotopic (exact) mass is 459 g/mol. The number of piperazine rings is 1. The Kier molecular flexibility index (Phi) is 7.29. The summed E-state index contributed by atoms with van der Waals surface area (Å²) in [5.41, 5.74) is 4.49. The van der Waals surface area contributed by atoms with Crippen LogP contribution in [0.15, 0.2) is 72.3 Å². The lowest BCUT2D eigenvalue weighted by atomic mass is 9.79. The zero-order valence-corrected chi connectivity index (χ0v) is 20.0. The van der Waals surface area contributed by atoms with Crippen LogP contribution < -0.4 is 10.6 Å². The number of para-hydroxylation sites is 1. The molecule has 0 bridgehead atoms. The highest BCUT2D eigenvalue weighted by Crippen LogP contribution is 2.36. The Bertz CT molecular complexity index is 1090. The van der Waals surface area contributed by atoms with Gasteiger partial charge in [-0.3, -0.25) is 14.9 Å². The third-order valence-electron chi connectivity index (χ3n) is 6.82. The van der Waals surface area contributed by atoms with Gasteiger partial charge in [-0.25, -0.2) is 0 Å². The molecule has 3 N–H and O–H groups in total. The third kappa shape index (κ3) is 4.83. The van der Waals surface area contributed by atoms with Crippen molar-refractivity contribution < 1.29 is 14.7 Å². The van der Waals surface area contributed by atoms with Crippen molar-refractivity contribution in [1.29, 1.82) is 0 Å². The zero-order valence-electron chi connectivity index (χ0n) is 20.0. The second-order valence-electron chi connectivity index (χ2n) is 9.21. The van der Waals surface area contributed by atoms with Crippen LogP contribution in [-0.2, 0) is 9.59 Å². The second kappa shape index (κ2) is 10.4. The van der Waals surface area contributed by atoms with Crippen LogP contribution in [0.5, 0.6) is 0 Å². The fourth-order valence-corrected chi connectivity index (χ4v) is 4.93. The van der Waals surface area contributed by atoms with Gasteiger partial charge in [0, 0.05) is 18.8 Å². The minimum Gasteiger partial charge on any atom is -0.376 e. The first kappa shape index (κ1) is 23.9. The number of hydrogen-bond acceptors (Lipinski definition) is 4. The van der Waals surface area contributed by atoms with E-state index in [-0.39, 0.29) is 11.8 Å². The number of carbonyl (C=O) groups is 2. The number of amides is 2. The van der Waals surface area contributed by atoms with Crippen molar-refractivity contribution in [3.05, 3.63) is 89.0 Å². The van der Waals surface area contributed by atoms with Crippen molar-refractivity contribution in [3.63, 3.8) is 0 Å². The van der Waals surface area contributed by atoms with Crippen molar-refractivity contribution in [2.75, 3.05) is 18.4 Å². The van der Waals surface area contributed by atoms with Crippen molar-refractivity contribution in [2.45, 2.75) is 45.4 Å². The Morgan fingerprint density at radius 3 is 2.47 bits per heavy atom. The van der Waals surface area contributed by atoms with Crippen LogP contribution in [0, 0.1) is 19.8 Å². The van der Waals surface area contributed by atoms with Gasteiger partial charge in [0.05, 0.1) is 5.92 Å². The lowest BCUT2D eigenvalue weighted by Gasteiger charge is -2.41. The number of nitrogens with zero attached hydrogens (tertiary/aromatic N) is 1. The molecule has 4 unspecified atom stereocenters. The van der Waals surface area contributed by atoms with E-state index < -0.39 is 24.1 Å². The van der Waals surface area contributed by atoms with Crippen LogP contribution in [-0.4, -0.2) is 47.2 Å². The van der Waals surface area contributed by atoms with E-state index in [0.29, 0.717) is 18.8 Å². The molecule has 1 saturated heterocycles. The van der Waals surface area contributed by atoms with Crippen LogP contribution >= 0.6 is 0 Å². The van der Waals surface area contributed by atoms with Gasteiger partial charge < -0.3 is 15.3 Å². The maximum absolute atomic E-state index is 14.1. The molecule has 4 rings (SSSR count). The molecule has 1 aliphatic heterocycles.